The highest BCUT2D eigenvalue weighted by molar-refractivity contribution is 5.98. The molecular weight excluding hydrogens is 316 g/mol. The molecule has 1 aliphatic heterocycles. The van der Waals surface area contributed by atoms with Gasteiger partial charge in [-0.05, 0) is 30.7 Å². The van der Waals surface area contributed by atoms with Gasteiger partial charge in [-0.25, -0.2) is 4.79 Å². The Labute approximate surface area is 136 Å². The Morgan fingerprint density at radius 3 is 2.33 bits per heavy atom. The molecular formula is C17H14O7. The van der Waals surface area contributed by atoms with Gasteiger partial charge >= 0.3 is 5.97 Å². The van der Waals surface area contributed by atoms with Crippen LogP contribution in [-0.4, -0.2) is 38.3 Å². The van der Waals surface area contributed by atoms with Crippen molar-refractivity contribution in [2.75, 3.05) is 0 Å². The van der Waals surface area contributed by atoms with Gasteiger partial charge in [-0.3, -0.25) is 4.79 Å². The fourth-order valence-electron chi connectivity index (χ4n) is 2.91. The molecule has 2 atom stereocenters. The van der Waals surface area contributed by atoms with Crippen molar-refractivity contribution in [2.24, 2.45) is 0 Å². The highest BCUT2D eigenvalue weighted by Crippen LogP contribution is 2.44. The van der Waals surface area contributed by atoms with Crippen molar-refractivity contribution in [1.82, 2.24) is 0 Å². The molecule has 0 saturated carbocycles. The Kier molecular flexibility index (Phi) is 3.56. The van der Waals surface area contributed by atoms with E-state index >= 15 is 0 Å². The number of esters is 1. The van der Waals surface area contributed by atoms with Gasteiger partial charge in [-0.1, -0.05) is 6.07 Å². The number of phenolic OH excluding ortho intramolecular Hbond substituents is 4. The highest BCUT2D eigenvalue weighted by Gasteiger charge is 2.41. The minimum atomic E-state index is -1.20. The number of carbonyl (C=O) groups is 2. The van der Waals surface area contributed by atoms with E-state index in [9.17, 15) is 30.0 Å². The minimum Gasteiger partial charge on any atom is -0.508 e. The third-order valence-electron chi connectivity index (χ3n) is 3.97. The number of ether oxygens (including phenoxy) is 1. The first-order chi connectivity index (χ1) is 11.3. The molecule has 124 valence electrons. The van der Waals surface area contributed by atoms with Gasteiger partial charge in [-0.2, -0.15) is 0 Å². The molecule has 2 aromatic rings. The van der Waals surface area contributed by atoms with E-state index < -0.39 is 29.5 Å². The van der Waals surface area contributed by atoms with Crippen LogP contribution in [0.2, 0.25) is 0 Å². The first-order valence-electron chi connectivity index (χ1n) is 7.08. The molecule has 0 aliphatic carbocycles. The van der Waals surface area contributed by atoms with Crippen LogP contribution in [0.15, 0.2) is 30.3 Å². The predicted octanol–water partition coefficient (Wildman–Crippen LogP) is 1.77. The van der Waals surface area contributed by atoms with E-state index in [1.54, 1.807) is 0 Å². The highest BCUT2D eigenvalue weighted by atomic mass is 16.5. The molecule has 0 aromatic heterocycles. The third kappa shape index (κ3) is 2.40. The standard InChI is InChI=1S/C17H14O7/c1-7(18)16-14(8-2-3-11(20)12(21)4-8)15-10(17(23)24-16)5-9(19)6-13(15)22/h2-6,14,16,19-22H,1H3/t14-,16-/m0/s1. The molecule has 0 bridgehead atoms. The molecule has 7 heteroatoms. The largest absolute Gasteiger partial charge is 0.508 e. The molecule has 0 amide bonds. The van der Waals surface area contributed by atoms with Gasteiger partial charge in [0.05, 0.1) is 11.5 Å². The monoisotopic (exact) mass is 330 g/mol. The molecule has 1 aliphatic rings. The number of aromatic hydroxyl groups is 4. The predicted molar refractivity (Wildman–Crippen MR) is 81.3 cm³/mol. The van der Waals surface area contributed by atoms with Crippen molar-refractivity contribution in [3.05, 3.63) is 47.0 Å². The molecule has 24 heavy (non-hydrogen) atoms. The third-order valence-corrected chi connectivity index (χ3v) is 3.97. The van der Waals surface area contributed by atoms with E-state index in [1.807, 2.05) is 0 Å². The molecule has 4 N–H and O–H groups in total. The first-order valence-corrected chi connectivity index (χ1v) is 7.08. The van der Waals surface area contributed by atoms with Gasteiger partial charge < -0.3 is 25.2 Å². The van der Waals surface area contributed by atoms with Crippen molar-refractivity contribution in [3.8, 4) is 23.0 Å². The summed E-state index contributed by atoms with van der Waals surface area (Å²) in [5.41, 5.74) is 0.414. The Morgan fingerprint density at radius 1 is 1.00 bits per heavy atom. The lowest BCUT2D eigenvalue weighted by molar-refractivity contribution is -0.126. The van der Waals surface area contributed by atoms with Crippen LogP contribution in [0.5, 0.6) is 23.0 Å². The molecule has 2 aromatic carbocycles. The molecule has 1 heterocycles. The summed E-state index contributed by atoms with van der Waals surface area (Å²) in [6.07, 6.45) is -1.20. The smallest absolute Gasteiger partial charge is 0.339 e. The summed E-state index contributed by atoms with van der Waals surface area (Å²) in [5.74, 6) is -3.62. The Bertz CT molecular complexity index is 856. The number of carbonyl (C=O) groups excluding carboxylic acids is 2. The molecule has 0 unspecified atom stereocenters. The molecule has 0 radical (unpaired) electrons. The van der Waals surface area contributed by atoms with E-state index in [0.717, 1.165) is 12.1 Å². The van der Waals surface area contributed by atoms with Crippen LogP contribution < -0.4 is 0 Å². The lowest BCUT2D eigenvalue weighted by Crippen LogP contribution is -2.37. The normalized spacial score (nSPS) is 19.5. The quantitative estimate of drug-likeness (QED) is 0.488. The summed E-state index contributed by atoms with van der Waals surface area (Å²) in [6, 6.07) is 6.11. The van der Waals surface area contributed by atoms with Crippen molar-refractivity contribution in [1.29, 1.82) is 0 Å². The van der Waals surface area contributed by atoms with E-state index in [0.29, 0.717) is 5.56 Å². The zero-order chi connectivity index (χ0) is 17.6. The summed E-state index contributed by atoms with van der Waals surface area (Å²) in [5, 5.41) is 39.0. The van der Waals surface area contributed by atoms with Crippen molar-refractivity contribution in [3.63, 3.8) is 0 Å². The van der Waals surface area contributed by atoms with Gasteiger partial charge in [0.2, 0.25) is 0 Å². The number of hydrogen-bond donors (Lipinski definition) is 4. The minimum absolute atomic E-state index is 0.0671. The number of cyclic esters (lactones) is 1. The van der Waals surface area contributed by atoms with Crippen LogP contribution in [0.25, 0.3) is 0 Å². The summed E-state index contributed by atoms with van der Waals surface area (Å²) in [7, 11) is 0. The molecule has 0 fully saturated rings. The Hall–Kier alpha value is -3.22. The number of phenols is 4. The molecule has 0 saturated heterocycles. The number of Topliss-reactive ketones (excluding diaryl/α,β-unsaturated/α-hetero) is 1. The maximum Gasteiger partial charge on any atom is 0.339 e. The van der Waals surface area contributed by atoms with Gasteiger partial charge in [0.1, 0.15) is 11.5 Å². The SMILES string of the molecule is CC(=O)[C@@H]1OC(=O)c2cc(O)cc(O)c2[C@@H]1c1ccc(O)c(O)c1. The van der Waals surface area contributed by atoms with Crippen LogP contribution in [0, 0.1) is 0 Å². The van der Waals surface area contributed by atoms with Gasteiger partial charge in [-0.15, -0.1) is 0 Å². The summed E-state index contributed by atoms with van der Waals surface area (Å²) in [4.78, 5) is 24.1. The number of rotatable bonds is 2. The van der Waals surface area contributed by atoms with Gasteiger partial charge in [0.25, 0.3) is 0 Å². The topological polar surface area (TPSA) is 124 Å². The average Bonchev–Trinajstić information content (AvgIpc) is 2.50. The molecule has 7 nitrogen and oxygen atoms in total. The molecule has 0 spiro atoms. The maximum absolute atomic E-state index is 12.1. The lowest BCUT2D eigenvalue weighted by Gasteiger charge is -2.32. The Morgan fingerprint density at radius 2 is 1.71 bits per heavy atom. The van der Waals surface area contributed by atoms with E-state index in [1.165, 1.54) is 25.1 Å². The lowest BCUT2D eigenvalue weighted by atomic mass is 9.80. The number of fused-ring (bicyclic) bond motifs is 1. The number of ketones is 1. The summed E-state index contributed by atoms with van der Waals surface area (Å²) in [6.45, 7) is 1.24. The second-order valence-electron chi connectivity index (χ2n) is 5.59. The zero-order valence-corrected chi connectivity index (χ0v) is 12.6. The van der Waals surface area contributed by atoms with Gasteiger partial charge in [0, 0.05) is 11.6 Å². The van der Waals surface area contributed by atoms with E-state index in [-0.39, 0.29) is 28.4 Å². The molecule has 3 rings (SSSR count). The van der Waals surface area contributed by atoms with Crippen LogP contribution in [0.1, 0.15) is 34.3 Å². The Balaban J connectivity index is 2.27. The van der Waals surface area contributed by atoms with Crippen LogP contribution >= 0.6 is 0 Å². The van der Waals surface area contributed by atoms with Crippen LogP contribution in [-0.2, 0) is 9.53 Å². The van der Waals surface area contributed by atoms with E-state index in [4.69, 9.17) is 4.74 Å². The zero-order valence-electron chi connectivity index (χ0n) is 12.6. The van der Waals surface area contributed by atoms with Crippen molar-refractivity contribution < 1.29 is 34.8 Å². The fourth-order valence-corrected chi connectivity index (χ4v) is 2.91. The van der Waals surface area contributed by atoms with E-state index in [2.05, 4.69) is 0 Å². The van der Waals surface area contributed by atoms with Crippen LogP contribution in [0.4, 0.5) is 0 Å². The van der Waals surface area contributed by atoms with Gasteiger partial charge in [0.15, 0.2) is 23.4 Å². The number of benzene rings is 2. The second-order valence-corrected chi connectivity index (χ2v) is 5.59. The van der Waals surface area contributed by atoms with Crippen molar-refractivity contribution >= 4 is 11.8 Å². The van der Waals surface area contributed by atoms with Crippen LogP contribution in [0.3, 0.4) is 0 Å². The maximum atomic E-state index is 12.1. The average molecular weight is 330 g/mol. The second kappa shape index (κ2) is 5.45. The fraction of sp³-hybridized carbons (Fsp3) is 0.176. The summed E-state index contributed by atoms with van der Waals surface area (Å²) < 4.78 is 5.17. The first kappa shape index (κ1) is 15.7. The number of hydrogen-bond acceptors (Lipinski definition) is 7. The summed E-state index contributed by atoms with van der Waals surface area (Å²) >= 11 is 0. The van der Waals surface area contributed by atoms with Crippen molar-refractivity contribution in [2.45, 2.75) is 18.9 Å².